The summed E-state index contributed by atoms with van der Waals surface area (Å²) in [4.78, 5) is 30.6. The zero-order valence-corrected chi connectivity index (χ0v) is 17.9. The molecule has 0 radical (unpaired) electrons. The highest BCUT2D eigenvalue weighted by atomic mass is 32.2. The largest absolute Gasteiger partial charge is 0.318 e. The number of para-hydroxylation sites is 3. The lowest BCUT2D eigenvalue weighted by Crippen LogP contribution is -2.25. The van der Waals surface area contributed by atoms with Crippen LogP contribution >= 0.6 is 11.8 Å². The lowest BCUT2D eigenvalue weighted by molar-refractivity contribution is -0.116. The van der Waals surface area contributed by atoms with E-state index in [1.165, 1.54) is 0 Å². The Morgan fingerprint density at radius 1 is 1.10 bits per heavy atom. The number of thioether (sulfide) groups is 1. The molecule has 2 heterocycles. The van der Waals surface area contributed by atoms with E-state index in [0.717, 1.165) is 22.5 Å². The number of rotatable bonds is 6. The van der Waals surface area contributed by atoms with Crippen LogP contribution in [0, 0.1) is 6.92 Å². The molecule has 0 aliphatic rings. The lowest BCUT2D eigenvalue weighted by Gasteiger charge is -2.09. The van der Waals surface area contributed by atoms with Gasteiger partial charge in [-0.25, -0.2) is 9.67 Å². The minimum absolute atomic E-state index is 0.0928. The summed E-state index contributed by atoms with van der Waals surface area (Å²) in [6.45, 7) is 1.91. The summed E-state index contributed by atoms with van der Waals surface area (Å²) in [5, 5.41) is 2.83. The molecule has 0 aliphatic heterocycles. The van der Waals surface area contributed by atoms with Crippen LogP contribution in [0.1, 0.15) is 11.5 Å². The van der Waals surface area contributed by atoms with Gasteiger partial charge in [0.2, 0.25) is 5.91 Å². The number of carbonyl (C=O) groups is 1. The van der Waals surface area contributed by atoms with Crippen LogP contribution in [0.2, 0.25) is 0 Å². The van der Waals surface area contributed by atoms with Gasteiger partial charge in [-0.1, -0.05) is 30.3 Å². The van der Waals surface area contributed by atoms with E-state index in [4.69, 9.17) is 0 Å². The van der Waals surface area contributed by atoms with Crippen molar-refractivity contribution >= 4 is 34.4 Å². The second kappa shape index (κ2) is 8.23. The Kier molecular flexibility index (Phi) is 5.50. The molecule has 1 amide bonds. The zero-order valence-electron chi connectivity index (χ0n) is 17.1. The number of anilines is 1. The maximum atomic E-state index is 13.0. The molecule has 0 aliphatic carbocycles. The lowest BCUT2D eigenvalue weighted by atomic mass is 10.3. The topological polar surface area (TPSA) is 73.8 Å². The number of amides is 1. The van der Waals surface area contributed by atoms with Gasteiger partial charge in [0, 0.05) is 7.05 Å². The number of carbonyl (C=O) groups excluding carboxylic acids is 1. The van der Waals surface area contributed by atoms with Gasteiger partial charge in [-0.15, -0.1) is 0 Å². The highest BCUT2D eigenvalue weighted by Gasteiger charge is 2.19. The van der Waals surface area contributed by atoms with Crippen molar-refractivity contribution in [2.75, 3.05) is 11.6 Å². The van der Waals surface area contributed by atoms with Gasteiger partial charge in [0.05, 0.1) is 28.2 Å². The standard InChI is InChI=1S/C22H23N5O2S/c1-15-21(22(29)27(25(15)2)16-9-5-4-6-10-16)24-20(28)13-26-18-12-8-7-11-17(18)23-19(26)14-30-3/h4-12H,13-14H2,1-3H3,(H,24,28). The summed E-state index contributed by atoms with van der Waals surface area (Å²) >= 11 is 1.65. The smallest absolute Gasteiger partial charge is 0.295 e. The Balaban J connectivity index is 1.66. The Hall–Kier alpha value is -3.26. The number of hydrogen-bond donors (Lipinski definition) is 1. The molecule has 2 aromatic heterocycles. The van der Waals surface area contributed by atoms with E-state index in [2.05, 4.69) is 10.3 Å². The van der Waals surface area contributed by atoms with Gasteiger partial charge < -0.3 is 9.88 Å². The molecule has 7 nitrogen and oxygen atoms in total. The number of nitrogens with one attached hydrogen (secondary N) is 1. The summed E-state index contributed by atoms with van der Waals surface area (Å²) in [5.74, 6) is 1.28. The molecule has 4 rings (SSSR count). The van der Waals surface area contributed by atoms with Crippen LogP contribution in [-0.2, 0) is 24.1 Å². The molecule has 0 atom stereocenters. The predicted molar refractivity (Wildman–Crippen MR) is 121 cm³/mol. The monoisotopic (exact) mass is 421 g/mol. The van der Waals surface area contributed by atoms with E-state index in [1.54, 1.807) is 28.2 Å². The SMILES string of the molecule is CSCc1nc2ccccc2n1CC(=O)Nc1c(C)n(C)n(-c2ccccc2)c1=O. The fourth-order valence-corrected chi connectivity index (χ4v) is 4.05. The Morgan fingerprint density at radius 3 is 2.53 bits per heavy atom. The zero-order chi connectivity index (χ0) is 21.3. The number of nitrogens with zero attached hydrogens (tertiary/aromatic N) is 4. The molecule has 4 aromatic rings. The molecular formula is C22H23N5O2S. The minimum atomic E-state index is -0.258. The Labute approximate surface area is 178 Å². The summed E-state index contributed by atoms with van der Waals surface area (Å²) in [7, 11) is 1.80. The Bertz CT molecular complexity index is 1270. The summed E-state index contributed by atoms with van der Waals surface area (Å²) < 4.78 is 5.21. The van der Waals surface area contributed by atoms with Gasteiger partial charge in [-0.2, -0.15) is 11.8 Å². The molecule has 0 unspecified atom stereocenters. The first-order chi connectivity index (χ1) is 14.5. The molecule has 30 heavy (non-hydrogen) atoms. The van der Waals surface area contributed by atoms with Gasteiger partial charge in [-0.05, 0) is 37.4 Å². The molecule has 1 N–H and O–H groups in total. The third-order valence-corrected chi connectivity index (χ3v) is 5.67. The number of imidazole rings is 1. The second-order valence-corrected chi connectivity index (χ2v) is 7.89. The van der Waals surface area contributed by atoms with E-state index >= 15 is 0 Å². The van der Waals surface area contributed by atoms with E-state index in [-0.39, 0.29) is 18.0 Å². The van der Waals surface area contributed by atoms with Crippen molar-refractivity contribution in [2.45, 2.75) is 19.2 Å². The molecule has 0 fully saturated rings. The number of benzene rings is 2. The molecule has 0 spiro atoms. The number of aromatic nitrogens is 4. The van der Waals surface area contributed by atoms with Crippen molar-refractivity contribution in [3.8, 4) is 5.69 Å². The van der Waals surface area contributed by atoms with Crippen molar-refractivity contribution < 1.29 is 4.79 Å². The average molecular weight is 422 g/mol. The number of hydrogen-bond acceptors (Lipinski definition) is 4. The molecule has 154 valence electrons. The highest BCUT2D eigenvalue weighted by molar-refractivity contribution is 7.97. The normalized spacial score (nSPS) is 11.2. The molecule has 2 aromatic carbocycles. The van der Waals surface area contributed by atoms with Gasteiger partial charge >= 0.3 is 0 Å². The first kappa shape index (κ1) is 20.0. The van der Waals surface area contributed by atoms with Crippen molar-refractivity contribution in [2.24, 2.45) is 7.05 Å². The van der Waals surface area contributed by atoms with Gasteiger partial charge in [0.1, 0.15) is 18.1 Å². The molecular weight excluding hydrogens is 398 g/mol. The van der Waals surface area contributed by atoms with Crippen LogP contribution < -0.4 is 10.9 Å². The van der Waals surface area contributed by atoms with Crippen LogP contribution in [0.4, 0.5) is 5.69 Å². The molecule has 0 saturated carbocycles. The van der Waals surface area contributed by atoms with Crippen LogP contribution in [0.3, 0.4) is 0 Å². The molecule has 8 heteroatoms. The summed E-state index contributed by atoms with van der Waals surface area (Å²) in [6, 6.07) is 17.1. The molecule has 0 saturated heterocycles. The summed E-state index contributed by atoms with van der Waals surface area (Å²) in [5.41, 5.74) is 3.24. The van der Waals surface area contributed by atoms with Crippen molar-refractivity contribution in [1.29, 1.82) is 0 Å². The quantitative estimate of drug-likeness (QED) is 0.518. The van der Waals surface area contributed by atoms with E-state index in [9.17, 15) is 9.59 Å². The third kappa shape index (κ3) is 3.54. The van der Waals surface area contributed by atoms with E-state index in [1.807, 2.05) is 72.3 Å². The van der Waals surface area contributed by atoms with Crippen LogP contribution in [-0.4, -0.2) is 31.1 Å². The van der Waals surface area contributed by atoms with E-state index in [0.29, 0.717) is 17.1 Å². The van der Waals surface area contributed by atoms with Gasteiger partial charge in [0.15, 0.2) is 0 Å². The number of fused-ring (bicyclic) bond motifs is 1. The first-order valence-corrected chi connectivity index (χ1v) is 11.0. The predicted octanol–water partition coefficient (Wildman–Crippen LogP) is 3.34. The molecule has 0 bridgehead atoms. The summed E-state index contributed by atoms with van der Waals surface area (Å²) in [6.07, 6.45) is 2.00. The fraction of sp³-hybridized carbons (Fsp3) is 0.227. The van der Waals surface area contributed by atoms with Crippen LogP contribution in [0.25, 0.3) is 16.7 Å². The van der Waals surface area contributed by atoms with Crippen molar-refractivity contribution in [1.82, 2.24) is 18.9 Å². The third-order valence-electron chi connectivity index (χ3n) is 5.13. The highest BCUT2D eigenvalue weighted by Crippen LogP contribution is 2.20. The maximum absolute atomic E-state index is 13.0. The van der Waals surface area contributed by atoms with E-state index < -0.39 is 0 Å². The first-order valence-electron chi connectivity index (χ1n) is 9.58. The maximum Gasteiger partial charge on any atom is 0.295 e. The van der Waals surface area contributed by atoms with Crippen molar-refractivity contribution in [3.05, 3.63) is 76.5 Å². The fourth-order valence-electron chi connectivity index (χ4n) is 3.58. The average Bonchev–Trinajstić information content (AvgIpc) is 3.19. The minimum Gasteiger partial charge on any atom is -0.318 e. The van der Waals surface area contributed by atoms with Crippen molar-refractivity contribution in [3.63, 3.8) is 0 Å². The van der Waals surface area contributed by atoms with Crippen LogP contribution in [0.5, 0.6) is 0 Å². The Morgan fingerprint density at radius 2 is 1.80 bits per heavy atom. The second-order valence-electron chi connectivity index (χ2n) is 7.02. The van der Waals surface area contributed by atoms with Crippen LogP contribution in [0.15, 0.2) is 59.4 Å². The van der Waals surface area contributed by atoms with Gasteiger partial charge in [-0.3, -0.25) is 14.3 Å². The van der Waals surface area contributed by atoms with Gasteiger partial charge in [0.25, 0.3) is 5.56 Å².